The van der Waals surface area contributed by atoms with E-state index in [-0.39, 0.29) is 6.10 Å². The maximum absolute atomic E-state index is 12.9. The van der Waals surface area contributed by atoms with Crippen LogP contribution in [0.2, 0.25) is 0 Å². The monoisotopic (exact) mass is 406 g/mol. The van der Waals surface area contributed by atoms with Gasteiger partial charge in [-0.3, -0.25) is 4.68 Å². The molecule has 1 aliphatic rings. The summed E-state index contributed by atoms with van der Waals surface area (Å²) in [6.07, 6.45) is 0.838. The fraction of sp³-hybridized carbons (Fsp3) is 0.261. The van der Waals surface area contributed by atoms with E-state index in [1.165, 1.54) is 0 Å². The van der Waals surface area contributed by atoms with Crippen molar-refractivity contribution in [1.82, 2.24) is 9.78 Å². The lowest BCUT2D eigenvalue weighted by atomic mass is 10.1. The Kier molecular flexibility index (Phi) is 5.52. The van der Waals surface area contributed by atoms with E-state index in [4.69, 9.17) is 14.2 Å². The average molecular weight is 406 g/mol. The van der Waals surface area contributed by atoms with E-state index >= 15 is 0 Å². The zero-order valence-corrected chi connectivity index (χ0v) is 16.8. The van der Waals surface area contributed by atoms with Crippen molar-refractivity contribution in [2.45, 2.75) is 32.1 Å². The minimum absolute atomic E-state index is 0.267. The number of cyclic esters (lactones) is 1. The van der Waals surface area contributed by atoms with E-state index in [1.54, 1.807) is 37.0 Å². The molecule has 3 aromatic rings. The molecule has 7 nitrogen and oxygen atoms in total. The predicted molar refractivity (Wildman–Crippen MR) is 109 cm³/mol. The van der Waals surface area contributed by atoms with Crippen molar-refractivity contribution in [3.05, 3.63) is 71.9 Å². The normalized spacial score (nSPS) is 18.1. The molecule has 2 heterocycles. The molecule has 0 saturated carbocycles. The standard InChI is InChI=1S/C23H22N2O5/c1-15-12-20(23(27)29-15)30-22(26)19-14-25(13-16-6-4-3-5-7-16)24-21(19)17-8-10-18(28-2)11-9-17/h3-11,14-15,20H,12-13H2,1-2H3/t15-,20+/m0/s1. The number of carbonyl (C=O) groups excluding carboxylic acids is 2. The fourth-order valence-corrected chi connectivity index (χ4v) is 3.39. The summed E-state index contributed by atoms with van der Waals surface area (Å²) in [6, 6.07) is 17.1. The van der Waals surface area contributed by atoms with Gasteiger partial charge in [0.05, 0.1) is 13.7 Å². The third-order valence-electron chi connectivity index (χ3n) is 4.91. The van der Waals surface area contributed by atoms with Crippen LogP contribution in [0.4, 0.5) is 0 Å². The van der Waals surface area contributed by atoms with Gasteiger partial charge in [-0.15, -0.1) is 0 Å². The number of esters is 2. The average Bonchev–Trinajstić information content (AvgIpc) is 3.31. The molecule has 30 heavy (non-hydrogen) atoms. The summed E-state index contributed by atoms with van der Waals surface area (Å²) in [5, 5.41) is 4.62. The van der Waals surface area contributed by atoms with E-state index in [2.05, 4.69) is 5.10 Å². The second kappa shape index (κ2) is 8.41. The highest BCUT2D eigenvalue weighted by atomic mass is 16.6. The molecule has 0 spiro atoms. The third-order valence-corrected chi connectivity index (χ3v) is 4.91. The lowest BCUT2D eigenvalue weighted by Gasteiger charge is -2.08. The van der Waals surface area contributed by atoms with Crippen molar-refractivity contribution >= 4 is 11.9 Å². The molecule has 2 atom stereocenters. The van der Waals surface area contributed by atoms with Gasteiger partial charge in [0.25, 0.3) is 0 Å². The number of aromatic nitrogens is 2. The molecule has 0 amide bonds. The van der Waals surface area contributed by atoms with E-state index < -0.39 is 18.0 Å². The van der Waals surface area contributed by atoms with Gasteiger partial charge in [0.2, 0.25) is 6.10 Å². The maximum Gasteiger partial charge on any atom is 0.347 e. The summed E-state index contributed by atoms with van der Waals surface area (Å²) < 4.78 is 17.4. The topological polar surface area (TPSA) is 79.7 Å². The maximum atomic E-state index is 12.9. The summed E-state index contributed by atoms with van der Waals surface area (Å²) in [4.78, 5) is 24.8. The second-order valence-electron chi connectivity index (χ2n) is 7.18. The summed E-state index contributed by atoms with van der Waals surface area (Å²) in [5.41, 5.74) is 2.58. The number of hydrogen-bond donors (Lipinski definition) is 0. The minimum Gasteiger partial charge on any atom is -0.497 e. The lowest BCUT2D eigenvalue weighted by Crippen LogP contribution is -2.22. The number of ether oxygens (including phenoxy) is 3. The van der Waals surface area contributed by atoms with Crippen LogP contribution in [0.15, 0.2) is 60.8 Å². The number of nitrogens with zero attached hydrogens (tertiary/aromatic N) is 2. The minimum atomic E-state index is -0.895. The molecule has 0 N–H and O–H groups in total. The van der Waals surface area contributed by atoms with Crippen molar-refractivity contribution in [3.8, 4) is 17.0 Å². The molecule has 4 rings (SSSR count). The first kappa shape index (κ1) is 19.7. The summed E-state index contributed by atoms with van der Waals surface area (Å²) >= 11 is 0. The molecule has 7 heteroatoms. The Labute approximate surface area is 174 Å². The van der Waals surface area contributed by atoms with E-state index in [1.807, 2.05) is 42.5 Å². The molecular formula is C23H22N2O5. The van der Waals surface area contributed by atoms with Crippen LogP contribution in [-0.4, -0.2) is 41.0 Å². The van der Waals surface area contributed by atoms with Gasteiger partial charge >= 0.3 is 11.9 Å². The van der Waals surface area contributed by atoms with Gasteiger partial charge in [-0.1, -0.05) is 30.3 Å². The van der Waals surface area contributed by atoms with Crippen molar-refractivity contribution in [2.24, 2.45) is 0 Å². The lowest BCUT2D eigenvalue weighted by molar-refractivity contribution is -0.147. The molecule has 2 aromatic carbocycles. The largest absolute Gasteiger partial charge is 0.497 e. The molecule has 0 unspecified atom stereocenters. The molecule has 0 aliphatic carbocycles. The number of methoxy groups -OCH3 is 1. The van der Waals surface area contributed by atoms with Crippen LogP contribution in [0.3, 0.4) is 0 Å². The van der Waals surface area contributed by atoms with Gasteiger partial charge in [-0.25, -0.2) is 9.59 Å². The van der Waals surface area contributed by atoms with Gasteiger partial charge < -0.3 is 14.2 Å². The second-order valence-corrected chi connectivity index (χ2v) is 7.18. The zero-order chi connectivity index (χ0) is 21.1. The van der Waals surface area contributed by atoms with Crippen molar-refractivity contribution in [3.63, 3.8) is 0 Å². The van der Waals surface area contributed by atoms with Crippen LogP contribution in [0.1, 0.15) is 29.3 Å². The SMILES string of the molecule is COc1ccc(-c2nn(Cc3ccccc3)cc2C(=O)O[C@@H]2C[C@H](C)OC2=O)cc1. The van der Waals surface area contributed by atoms with Gasteiger partial charge in [0, 0.05) is 18.2 Å². The molecule has 1 aliphatic heterocycles. The van der Waals surface area contributed by atoms with Crippen LogP contribution in [0, 0.1) is 0 Å². The Balaban J connectivity index is 1.65. The van der Waals surface area contributed by atoms with Crippen LogP contribution in [0.25, 0.3) is 11.3 Å². The highest BCUT2D eigenvalue weighted by Gasteiger charge is 2.36. The van der Waals surface area contributed by atoms with Crippen molar-refractivity contribution in [1.29, 1.82) is 0 Å². The van der Waals surface area contributed by atoms with Crippen LogP contribution >= 0.6 is 0 Å². The zero-order valence-electron chi connectivity index (χ0n) is 16.8. The van der Waals surface area contributed by atoms with Gasteiger partial charge in [-0.2, -0.15) is 5.10 Å². The quantitative estimate of drug-likeness (QED) is 0.583. The smallest absolute Gasteiger partial charge is 0.347 e. The first-order valence-corrected chi connectivity index (χ1v) is 9.71. The molecule has 154 valence electrons. The molecule has 1 saturated heterocycles. The highest BCUT2D eigenvalue weighted by molar-refractivity contribution is 5.97. The Morgan fingerprint density at radius 3 is 2.53 bits per heavy atom. The van der Waals surface area contributed by atoms with Crippen molar-refractivity contribution in [2.75, 3.05) is 7.11 Å². The van der Waals surface area contributed by atoms with Gasteiger partial charge in [-0.05, 0) is 36.8 Å². The van der Waals surface area contributed by atoms with Crippen LogP contribution < -0.4 is 4.74 Å². The first-order valence-electron chi connectivity index (χ1n) is 9.71. The summed E-state index contributed by atoms with van der Waals surface area (Å²) in [6.45, 7) is 2.27. The van der Waals surface area contributed by atoms with Gasteiger partial charge in [0.1, 0.15) is 23.1 Å². The molecule has 1 aromatic heterocycles. The Morgan fingerprint density at radius 1 is 1.17 bits per heavy atom. The number of carbonyl (C=O) groups is 2. The number of rotatable bonds is 6. The number of benzene rings is 2. The molecule has 1 fully saturated rings. The number of hydrogen-bond acceptors (Lipinski definition) is 6. The van der Waals surface area contributed by atoms with E-state index in [9.17, 15) is 9.59 Å². The van der Waals surface area contributed by atoms with Crippen molar-refractivity contribution < 1.29 is 23.8 Å². The Bertz CT molecular complexity index is 1040. The Hall–Kier alpha value is -3.61. The summed E-state index contributed by atoms with van der Waals surface area (Å²) in [7, 11) is 1.59. The highest BCUT2D eigenvalue weighted by Crippen LogP contribution is 2.27. The predicted octanol–water partition coefficient (Wildman–Crippen LogP) is 3.47. The fourth-order valence-electron chi connectivity index (χ4n) is 3.39. The molecular weight excluding hydrogens is 384 g/mol. The molecule has 0 bridgehead atoms. The van der Waals surface area contributed by atoms with Crippen LogP contribution in [0.5, 0.6) is 5.75 Å². The van der Waals surface area contributed by atoms with Gasteiger partial charge in [0.15, 0.2) is 0 Å². The van der Waals surface area contributed by atoms with E-state index in [0.29, 0.717) is 30.0 Å². The third kappa shape index (κ3) is 4.20. The van der Waals surface area contributed by atoms with Crippen LogP contribution in [-0.2, 0) is 20.8 Å². The first-order chi connectivity index (χ1) is 14.5. The Morgan fingerprint density at radius 2 is 1.90 bits per heavy atom. The molecule has 0 radical (unpaired) electrons. The summed E-state index contributed by atoms with van der Waals surface area (Å²) in [5.74, 6) is -0.413. The van der Waals surface area contributed by atoms with E-state index in [0.717, 1.165) is 11.1 Å².